The molecule has 2 aromatic heterocycles. The van der Waals surface area contributed by atoms with E-state index in [-0.39, 0.29) is 36.8 Å². The van der Waals surface area contributed by atoms with Crippen molar-refractivity contribution in [3.8, 4) is 22.6 Å². The molecule has 1 amide bonds. The Kier molecular flexibility index (Phi) is 9.81. The molecule has 12 nitrogen and oxygen atoms in total. The second-order valence-corrected chi connectivity index (χ2v) is 11.2. The molecule has 2 fully saturated rings. The zero-order valence-corrected chi connectivity index (χ0v) is 25.6. The topological polar surface area (TPSA) is 120 Å². The zero-order valence-electron chi connectivity index (χ0n) is 24.8. The SMILES string of the molecule is COc1cc(OC)c(Cl)c(-c2cc3cnc(NC4CCOC4)nc3n(CCOC3CN(C(=O)/C=C/CN(C)C)C3)c2=O)c1. The molecule has 3 aromatic rings. The third kappa shape index (κ3) is 7.10. The number of halogens is 1. The lowest BCUT2D eigenvalue weighted by atomic mass is 10.0. The van der Waals surface area contributed by atoms with Gasteiger partial charge in [0.2, 0.25) is 11.9 Å². The van der Waals surface area contributed by atoms with Gasteiger partial charge in [0.25, 0.3) is 5.56 Å². The van der Waals surface area contributed by atoms with Crippen LogP contribution in [0.2, 0.25) is 5.02 Å². The Balaban J connectivity index is 1.40. The molecular formula is C30H37ClN6O6. The zero-order chi connectivity index (χ0) is 30.5. The van der Waals surface area contributed by atoms with E-state index in [0.717, 1.165) is 6.42 Å². The van der Waals surface area contributed by atoms with E-state index in [1.807, 2.05) is 25.1 Å². The van der Waals surface area contributed by atoms with Crippen LogP contribution in [0, 0.1) is 0 Å². The van der Waals surface area contributed by atoms with Crippen LogP contribution in [-0.2, 0) is 20.8 Å². The Morgan fingerprint density at radius 3 is 2.72 bits per heavy atom. The summed E-state index contributed by atoms with van der Waals surface area (Å²) in [5, 5.41) is 4.25. The molecule has 1 aromatic carbocycles. The number of carbonyl (C=O) groups is 1. The van der Waals surface area contributed by atoms with Crippen molar-refractivity contribution in [1.82, 2.24) is 24.3 Å². The largest absolute Gasteiger partial charge is 0.497 e. The van der Waals surface area contributed by atoms with Crippen LogP contribution in [0.3, 0.4) is 0 Å². The molecule has 5 rings (SSSR count). The maximum absolute atomic E-state index is 14.0. The van der Waals surface area contributed by atoms with Gasteiger partial charge in [-0.1, -0.05) is 17.7 Å². The first-order valence-corrected chi connectivity index (χ1v) is 14.5. The van der Waals surface area contributed by atoms with Gasteiger partial charge in [0, 0.05) is 61.1 Å². The summed E-state index contributed by atoms with van der Waals surface area (Å²) in [5.74, 6) is 1.27. The van der Waals surface area contributed by atoms with Crippen molar-refractivity contribution in [3.63, 3.8) is 0 Å². The minimum Gasteiger partial charge on any atom is -0.497 e. The molecule has 4 heterocycles. The molecule has 13 heteroatoms. The Morgan fingerprint density at radius 2 is 2.02 bits per heavy atom. The number of hydrogen-bond acceptors (Lipinski definition) is 10. The number of likely N-dealkylation sites (N-methyl/N-ethyl adjacent to an activating group) is 1. The van der Waals surface area contributed by atoms with Gasteiger partial charge in [-0.25, -0.2) is 4.98 Å². The fraction of sp³-hybridized carbons (Fsp3) is 0.467. The summed E-state index contributed by atoms with van der Waals surface area (Å²) in [6.07, 6.45) is 5.86. The molecule has 0 spiro atoms. The molecule has 230 valence electrons. The van der Waals surface area contributed by atoms with Crippen molar-refractivity contribution in [2.75, 3.05) is 73.1 Å². The first-order valence-electron chi connectivity index (χ1n) is 14.2. The van der Waals surface area contributed by atoms with E-state index in [1.54, 1.807) is 39.9 Å². The standard InChI is InChI=1S/C30H37ClN6O6/c1-35(2)8-5-6-26(38)36-16-22(17-36)43-11-9-37-28-19(15-32-30(34-28)33-20-7-10-42-18-20)12-24(29(37)39)23-13-21(40-3)14-25(41-4)27(23)31/h5-6,12-15,20,22H,7-11,16-18H2,1-4H3,(H,32,33,34)/b6-5+. The molecule has 1 N–H and O–H groups in total. The van der Waals surface area contributed by atoms with Gasteiger partial charge in [0.1, 0.15) is 17.1 Å². The van der Waals surface area contributed by atoms with Crippen LogP contribution < -0.4 is 20.3 Å². The Bertz CT molecular complexity index is 1550. The third-order valence-electron chi connectivity index (χ3n) is 7.41. The van der Waals surface area contributed by atoms with Crippen LogP contribution in [0.5, 0.6) is 11.5 Å². The molecule has 2 aliphatic heterocycles. The molecule has 0 bridgehead atoms. The number of nitrogens with zero attached hydrogens (tertiary/aromatic N) is 5. The summed E-state index contributed by atoms with van der Waals surface area (Å²) in [5.41, 5.74) is 1.00. The van der Waals surface area contributed by atoms with Gasteiger partial charge in [-0.2, -0.15) is 4.98 Å². The fourth-order valence-electron chi connectivity index (χ4n) is 5.00. The molecule has 0 radical (unpaired) electrons. The number of likely N-dealkylation sites (tertiary alicyclic amines) is 1. The Morgan fingerprint density at radius 1 is 1.21 bits per heavy atom. The summed E-state index contributed by atoms with van der Waals surface area (Å²) < 4.78 is 24.0. The number of anilines is 1. The van der Waals surface area contributed by atoms with Gasteiger partial charge in [-0.15, -0.1) is 0 Å². The van der Waals surface area contributed by atoms with Gasteiger partial charge < -0.3 is 34.1 Å². The van der Waals surface area contributed by atoms with Crippen LogP contribution in [0.15, 0.2) is 41.3 Å². The van der Waals surface area contributed by atoms with Crippen LogP contribution in [0.25, 0.3) is 22.2 Å². The third-order valence-corrected chi connectivity index (χ3v) is 7.80. The average molecular weight is 613 g/mol. The van der Waals surface area contributed by atoms with E-state index >= 15 is 0 Å². The molecule has 43 heavy (non-hydrogen) atoms. The van der Waals surface area contributed by atoms with E-state index in [1.165, 1.54) is 14.2 Å². The maximum atomic E-state index is 14.0. The summed E-state index contributed by atoms with van der Waals surface area (Å²) in [4.78, 5) is 39.3. The highest BCUT2D eigenvalue weighted by Crippen LogP contribution is 2.38. The quantitative estimate of drug-likeness (QED) is 0.306. The number of fused-ring (bicyclic) bond motifs is 1. The van der Waals surface area contributed by atoms with Gasteiger partial charge in [0.05, 0.1) is 51.1 Å². The van der Waals surface area contributed by atoms with Crippen molar-refractivity contribution in [2.24, 2.45) is 0 Å². The molecule has 0 aliphatic carbocycles. The van der Waals surface area contributed by atoms with Crippen molar-refractivity contribution in [3.05, 3.63) is 51.9 Å². The molecule has 2 saturated heterocycles. The second kappa shape index (κ2) is 13.7. The lowest BCUT2D eigenvalue weighted by Gasteiger charge is -2.38. The lowest BCUT2D eigenvalue weighted by Crippen LogP contribution is -2.54. The monoisotopic (exact) mass is 612 g/mol. The van der Waals surface area contributed by atoms with Crippen molar-refractivity contribution in [2.45, 2.75) is 25.1 Å². The Hall–Kier alpha value is -3.71. The number of ether oxygens (including phenoxy) is 4. The summed E-state index contributed by atoms with van der Waals surface area (Å²) in [7, 11) is 6.94. The molecule has 0 saturated carbocycles. The molecule has 2 aliphatic rings. The summed E-state index contributed by atoms with van der Waals surface area (Å²) in [6.45, 7) is 3.43. The van der Waals surface area contributed by atoms with E-state index in [9.17, 15) is 9.59 Å². The molecular weight excluding hydrogens is 576 g/mol. The first-order chi connectivity index (χ1) is 20.8. The normalized spacial score (nSPS) is 17.2. The number of aromatic nitrogens is 3. The Labute approximate surface area is 255 Å². The lowest BCUT2D eigenvalue weighted by molar-refractivity contribution is -0.139. The van der Waals surface area contributed by atoms with Crippen molar-refractivity contribution in [1.29, 1.82) is 0 Å². The number of carbonyl (C=O) groups excluding carboxylic acids is 1. The van der Waals surface area contributed by atoms with E-state index in [4.69, 9.17) is 35.5 Å². The first kappa shape index (κ1) is 30.7. The van der Waals surface area contributed by atoms with Gasteiger partial charge >= 0.3 is 0 Å². The predicted octanol–water partition coefficient (Wildman–Crippen LogP) is 2.68. The van der Waals surface area contributed by atoms with Gasteiger partial charge in [-0.05, 0) is 32.6 Å². The van der Waals surface area contributed by atoms with E-state index < -0.39 is 0 Å². The number of methoxy groups -OCH3 is 2. The van der Waals surface area contributed by atoms with Crippen LogP contribution in [0.4, 0.5) is 5.95 Å². The molecule has 1 atom stereocenters. The summed E-state index contributed by atoms with van der Waals surface area (Å²) in [6, 6.07) is 5.21. The highest BCUT2D eigenvalue weighted by Gasteiger charge is 2.30. The van der Waals surface area contributed by atoms with Crippen molar-refractivity contribution >= 4 is 34.5 Å². The minimum atomic E-state index is -0.293. The molecule has 1 unspecified atom stereocenters. The highest BCUT2D eigenvalue weighted by molar-refractivity contribution is 6.35. The predicted molar refractivity (Wildman–Crippen MR) is 164 cm³/mol. The van der Waals surface area contributed by atoms with Gasteiger partial charge in [-0.3, -0.25) is 14.2 Å². The van der Waals surface area contributed by atoms with Gasteiger partial charge in [0.15, 0.2) is 0 Å². The minimum absolute atomic E-state index is 0.0356. The smallest absolute Gasteiger partial charge is 0.260 e. The number of nitrogens with one attached hydrogen (secondary N) is 1. The van der Waals surface area contributed by atoms with E-state index in [2.05, 4.69) is 10.3 Å². The number of pyridine rings is 1. The fourth-order valence-corrected chi connectivity index (χ4v) is 5.29. The number of amides is 1. The maximum Gasteiger partial charge on any atom is 0.260 e. The van der Waals surface area contributed by atoms with Crippen LogP contribution in [-0.4, -0.2) is 110 Å². The number of benzene rings is 1. The average Bonchev–Trinajstić information content (AvgIpc) is 3.48. The second-order valence-electron chi connectivity index (χ2n) is 10.8. The van der Waals surface area contributed by atoms with Crippen LogP contribution >= 0.6 is 11.6 Å². The van der Waals surface area contributed by atoms with Crippen LogP contribution in [0.1, 0.15) is 6.42 Å². The highest BCUT2D eigenvalue weighted by atomic mass is 35.5. The van der Waals surface area contributed by atoms with Crippen molar-refractivity contribution < 1.29 is 23.7 Å². The summed E-state index contributed by atoms with van der Waals surface area (Å²) >= 11 is 6.68. The number of hydrogen-bond donors (Lipinski definition) is 1. The van der Waals surface area contributed by atoms with E-state index in [0.29, 0.717) is 77.5 Å². The number of rotatable bonds is 12.